The van der Waals surface area contributed by atoms with Crippen LogP contribution in [0.25, 0.3) is 0 Å². The van der Waals surface area contributed by atoms with E-state index >= 15 is 0 Å². The first-order valence-corrected chi connectivity index (χ1v) is 7.55. The summed E-state index contributed by atoms with van der Waals surface area (Å²) < 4.78 is 0. The van der Waals surface area contributed by atoms with Gasteiger partial charge in [-0.1, -0.05) is 42.5 Å². The number of benzene rings is 1. The Hall–Kier alpha value is -1.38. The maximum Gasteiger partial charge on any atom is 0.0233 e. The number of likely N-dealkylation sites (tertiary alicyclic amines) is 1. The lowest BCUT2D eigenvalue weighted by molar-refractivity contribution is 0.222. The normalized spacial score (nSPS) is 28.4. The standard InChI is InChI=1S/C18H24N2/c1-3-10-20(11-4-2)18-16-13-19(14-17(16)18)12-15-8-6-5-7-9-15/h3-9,16-18H,1-2,10-14H2/t16-,17+,18?. The third kappa shape index (κ3) is 2.72. The summed E-state index contributed by atoms with van der Waals surface area (Å²) in [4.78, 5) is 5.12. The monoisotopic (exact) mass is 268 g/mol. The average Bonchev–Trinajstić information content (AvgIpc) is 2.95. The zero-order valence-corrected chi connectivity index (χ0v) is 12.1. The predicted molar refractivity (Wildman–Crippen MR) is 84.5 cm³/mol. The van der Waals surface area contributed by atoms with Crippen LogP contribution in [0.1, 0.15) is 5.56 Å². The second-order valence-corrected chi connectivity index (χ2v) is 6.03. The van der Waals surface area contributed by atoms with E-state index in [1.54, 1.807) is 0 Å². The van der Waals surface area contributed by atoms with Crippen molar-refractivity contribution in [2.24, 2.45) is 11.8 Å². The van der Waals surface area contributed by atoms with Gasteiger partial charge in [-0.3, -0.25) is 9.80 Å². The minimum absolute atomic E-state index is 0.762. The SMILES string of the molecule is C=CCN(CC=C)C1[C@H]2CN(Cc3ccccc3)C[C@@H]12. The summed E-state index contributed by atoms with van der Waals surface area (Å²) in [6, 6.07) is 11.6. The van der Waals surface area contributed by atoms with E-state index in [4.69, 9.17) is 0 Å². The van der Waals surface area contributed by atoms with Crippen LogP contribution in [0.2, 0.25) is 0 Å². The average molecular weight is 268 g/mol. The number of rotatable bonds is 7. The van der Waals surface area contributed by atoms with E-state index in [1.165, 1.54) is 18.7 Å². The van der Waals surface area contributed by atoms with Crippen LogP contribution in [-0.4, -0.2) is 42.0 Å². The Morgan fingerprint density at radius 2 is 1.65 bits per heavy atom. The van der Waals surface area contributed by atoms with Crippen molar-refractivity contribution < 1.29 is 0 Å². The molecule has 3 rings (SSSR count). The first kappa shape index (κ1) is 13.6. The van der Waals surface area contributed by atoms with E-state index in [0.717, 1.165) is 37.5 Å². The number of fused-ring (bicyclic) bond motifs is 1. The van der Waals surface area contributed by atoms with E-state index in [2.05, 4.69) is 53.3 Å². The van der Waals surface area contributed by atoms with Crippen molar-refractivity contribution in [2.45, 2.75) is 12.6 Å². The maximum atomic E-state index is 3.87. The molecule has 0 aromatic heterocycles. The van der Waals surface area contributed by atoms with Gasteiger partial charge in [0.15, 0.2) is 0 Å². The van der Waals surface area contributed by atoms with Gasteiger partial charge in [-0.15, -0.1) is 13.2 Å². The van der Waals surface area contributed by atoms with Crippen LogP contribution in [0, 0.1) is 11.8 Å². The molecule has 1 heterocycles. The zero-order chi connectivity index (χ0) is 13.9. The highest BCUT2D eigenvalue weighted by molar-refractivity contribution is 5.17. The summed E-state index contributed by atoms with van der Waals surface area (Å²) >= 11 is 0. The van der Waals surface area contributed by atoms with Gasteiger partial charge in [0, 0.05) is 38.8 Å². The summed E-state index contributed by atoms with van der Waals surface area (Å²) in [5.74, 6) is 1.72. The highest BCUT2D eigenvalue weighted by atomic mass is 15.3. The summed E-state index contributed by atoms with van der Waals surface area (Å²) in [6.07, 6.45) is 4.03. The summed E-state index contributed by atoms with van der Waals surface area (Å²) in [5.41, 5.74) is 1.43. The van der Waals surface area contributed by atoms with Gasteiger partial charge in [0.25, 0.3) is 0 Å². The smallest absolute Gasteiger partial charge is 0.0233 e. The lowest BCUT2D eigenvalue weighted by atomic mass is 10.2. The molecule has 1 aromatic carbocycles. The maximum absolute atomic E-state index is 3.87. The molecule has 3 atom stereocenters. The minimum Gasteiger partial charge on any atom is -0.298 e. The number of nitrogens with zero attached hydrogens (tertiary/aromatic N) is 2. The summed E-state index contributed by atoms with van der Waals surface area (Å²) in [7, 11) is 0. The van der Waals surface area contributed by atoms with Crippen LogP contribution < -0.4 is 0 Å². The van der Waals surface area contributed by atoms with Gasteiger partial charge in [-0.05, 0) is 17.4 Å². The molecular weight excluding hydrogens is 244 g/mol. The van der Waals surface area contributed by atoms with E-state index < -0.39 is 0 Å². The fourth-order valence-corrected chi connectivity index (χ4v) is 3.74. The van der Waals surface area contributed by atoms with Gasteiger partial charge in [-0.25, -0.2) is 0 Å². The molecule has 1 unspecified atom stereocenters. The van der Waals surface area contributed by atoms with Crippen LogP contribution in [0.4, 0.5) is 0 Å². The van der Waals surface area contributed by atoms with Crippen LogP contribution in [-0.2, 0) is 6.54 Å². The number of hydrogen-bond donors (Lipinski definition) is 0. The van der Waals surface area contributed by atoms with Crippen molar-refractivity contribution >= 4 is 0 Å². The third-order valence-corrected chi connectivity index (χ3v) is 4.62. The van der Waals surface area contributed by atoms with Gasteiger partial charge in [0.05, 0.1) is 0 Å². The van der Waals surface area contributed by atoms with Crippen molar-refractivity contribution in [3.05, 3.63) is 61.2 Å². The molecule has 1 aliphatic carbocycles. The molecule has 1 saturated carbocycles. The highest BCUT2D eigenvalue weighted by Crippen LogP contribution is 2.49. The molecule has 1 aromatic rings. The van der Waals surface area contributed by atoms with Gasteiger partial charge in [0.1, 0.15) is 0 Å². The fraction of sp³-hybridized carbons (Fsp3) is 0.444. The molecule has 2 heteroatoms. The van der Waals surface area contributed by atoms with E-state index in [0.29, 0.717) is 0 Å². The summed E-state index contributed by atoms with van der Waals surface area (Å²) in [6.45, 7) is 13.3. The van der Waals surface area contributed by atoms with Crippen molar-refractivity contribution in [1.29, 1.82) is 0 Å². The Morgan fingerprint density at radius 1 is 1.05 bits per heavy atom. The Balaban J connectivity index is 1.52. The van der Waals surface area contributed by atoms with Crippen LogP contribution in [0.3, 0.4) is 0 Å². The Labute approximate surface area is 122 Å². The second-order valence-electron chi connectivity index (χ2n) is 6.03. The van der Waals surface area contributed by atoms with E-state index in [9.17, 15) is 0 Å². The minimum atomic E-state index is 0.762. The molecule has 1 aliphatic heterocycles. The lowest BCUT2D eigenvalue weighted by Gasteiger charge is -2.25. The predicted octanol–water partition coefficient (Wildman–Crippen LogP) is 2.79. The topological polar surface area (TPSA) is 6.48 Å². The number of piperidine rings is 1. The Morgan fingerprint density at radius 3 is 2.20 bits per heavy atom. The lowest BCUT2D eigenvalue weighted by Crippen LogP contribution is -2.35. The summed E-state index contributed by atoms with van der Waals surface area (Å²) in [5, 5.41) is 0. The van der Waals surface area contributed by atoms with Gasteiger partial charge in [0.2, 0.25) is 0 Å². The molecule has 0 bridgehead atoms. The largest absolute Gasteiger partial charge is 0.298 e. The third-order valence-electron chi connectivity index (χ3n) is 4.62. The van der Waals surface area contributed by atoms with Gasteiger partial charge in [-0.2, -0.15) is 0 Å². The molecule has 2 nitrogen and oxygen atoms in total. The number of hydrogen-bond acceptors (Lipinski definition) is 2. The molecule has 0 N–H and O–H groups in total. The first-order valence-electron chi connectivity index (χ1n) is 7.55. The van der Waals surface area contributed by atoms with E-state index in [-0.39, 0.29) is 0 Å². The molecule has 20 heavy (non-hydrogen) atoms. The van der Waals surface area contributed by atoms with Crippen LogP contribution in [0.5, 0.6) is 0 Å². The molecule has 2 aliphatic rings. The molecule has 0 spiro atoms. The van der Waals surface area contributed by atoms with Crippen molar-refractivity contribution in [1.82, 2.24) is 9.80 Å². The fourth-order valence-electron chi connectivity index (χ4n) is 3.74. The Kier molecular flexibility index (Phi) is 4.04. The van der Waals surface area contributed by atoms with Gasteiger partial charge >= 0.3 is 0 Å². The van der Waals surface area contributed by atoms with Crippen molar-refractivity contribution in [3.63, 3.8) is 0 Å². The molecule has 0 amide bonds. The molecular formula is C18H24N2. The zero-order valence-electron chi connectivity index (χ0n) is 12.1. The quantitative estimate of drug-likeness (QED) is 0.702. The second kappa shape index (κ2) is 5.94. The van der Waals surface area contributed by atoms with Crippen molar-refractivity contribution in [3.8, 4) is 0 Å². The Bertz CT molecular complexity index is 446. The highest BCUT2D eigenvalue weighted by Gasteiger charge is 2.57. The van der Waals surface area contributed by atoms with Gasteiger partial charge < -0.3 is 0 Å². The van der Waals surface area contributed by atoms with Crippen molar-refractivity contribution in [2.75, 3.05) is 26.2 Å². The molecule has 1 saturated heterocycles. The first-order chi connectivity index (χ1) is 9.83. The molecule has 106 valence electrons. The van der Waals surface area contributed by atoms with E-state index in [1.807, 2.05) is 12.2 Å². The van der Waals surface area contributed by atoms with Crippen LogP contribution >= 0.6 is 0 Å². The molecule has 0 radical (unpaired) electrons. The molecule has 2 fully saturated rings. The van der Waals surface area contributed by atoms with Crippen LogP contribution in [0.15, 0.2) is 55.6 Å².